The number of fused-ring (bicyclic) bond motifs is 1. The summed E-state index contributed by atoms with van der Waals surface area (Å²) < 4.78 is 49.2. The molecule has 0 unspecified atom stereocenters. The molecule has 1 aliphatic rings. The summed E-state index contributed by atoms with van der Waals surface area (Å²) in [6.07, 6.45) is -4.48. The average Bonchev–Trinajstić information content (AvgIpc) is 2.49. The van der Waals surface area contributed by atoms with E-state index in [1.54, 1.807) is 26.0 Å². The van der Waals surface area contributed by atoms with Crippen LogP contribution in [-0.2, 0) is 11.0 Å². The van der Waals surface area contributed by atoms with Crippen molar-refractivity contribution >= 4 is 23.2 Å². The van der Waals surface area contributed by atoms with Crippen molar-refractivity contribution in [1.82, 2.24) is 0 Å². The summed E-state index contributed by atoms with van der Waals surface area (Å²) in [6.45, 7) is 3.23. The van der Waals surface area contributed by atoms with E-state index in [-0.39, 0.29) is 16.7 Å². The molecule has 3 rings (SSSR count). The highest BCUT2D eigenvalue weighted by Gasteiger charge is 2.35. The van der Waals surface area contributed by atoms with Gasteiger partial charge in [-0.3, -0.25) is 4.79 Å². The molecule has 0 aromatic heterocycles. The molecule has 0 radical (unpaired) electrons. The average molecular weight is 372 g/mol. The summed E-state index contributed by atoms with van der Waals surface area (Å²) in [6, 6.07) is 7.50. The van der Waals surface area contributed by atoms with Gasteiger partial charge in [0, 0.05) is 6.07 Å². The molecule has 0 atom stereocenters. The van der Waals surface area contributed by atoms with Crippen molar-refractivity contribution in [1.29, 1.82) is 0 Å². The number of hydrogen-bond acceptors (Lipinski definition) is 3. The molecule has 0 saturated carbocycles. The number of amides is 1. The molecule has 1 amide bonds. The lowest BCUT2D eigenvalue weighted by Gasteiger charge is -2.31. The number of anilines is 1. The maximum atomic E-state index is 12.7. The lowest BCUT2D eigenvalue weighted by atomic mass is 10.1. The molecule has 0 saturated heterocycles. The van der Waals surface area contributed by atoms with Crippen molar-refractivity contribution in [3.8, 4) is 17.2 Å². The van der Waals surface area contributed by atoms with Crippen molar-refractivity contribution in [2.45, 2.75) is 25.6 Å². The Kier molecular flexibility index (Phi) is 4.07. The zero-order valence-corrected chi connectivity index (χ0v) is 14.0. The quantitative estimate of drug-likeness (QED) is 0.783. The molecule has 4 nitrogen and oxygen atoms in total. The molecule has 8 heteroatoms. The van der Waals surface area contributed by atoms with Crippen molar-refractivity contribution in [3.05, 3.63) is 47.0 Å². The lowest BCUT2D eigenvalue weighted by Crippen LogP contribution is -2.45. The van der Waals surface area contributed by atoms with Crippen LogP contribution in [0, 0.1) is 0 Å². The monoisotopic (exact) mass is 371 g/mol. The molecule has 2 aromatic carbocycles. The summed E-state index contributed by atoms with van der Waals surface area (Å²) in [5.41, 5.74) is -1.42. The van der Waals surface area contributed by atoms with Gasteiger partial charge in [0.1, 0.15) is 17.2 Å². The van der Waals surface area contributed by atoms with Gasteiger partial charge in [-0.1, -0.05) is 11.6 Å². The van der Waals surface area contributed by atoms with Gasteiger partial charge in [0.15, 0.2) is 5.60 Å². The van der Waals surface area contributed by atoms with Crippen molar-refractivity contribution in [3.63, 3.8) is 0 Å². The summed E-state index contributed by atoms with van der Waals surface area (Å²) in [7, 11) is 0. The molecule has 0 bridgehead atoms. The van der Waals surface area contributed by atoms with Gasteiger partial charge in [0.25, 0.3) is 5.91 Å². The largest absolute Gasteiger partial charge is 0.476 e. The van der Waals surface area contributed by atoms with Gasteiger partial charge in [-0.15, -0.1) is 0 Å². The Labute approximate surface area is 146 Å². The van der Waals surface area contributed by atoms with Gasteiger partial charge in [-0.25, -0.2) is 0 Å². The minimum Gasteiger partial charge on any atom is -0.476 e. The zero-order chi connectivity index (χ0) is 18.4. The molecule has 0 aliphatic carbocycles. The minimum atomic E-state index is -4.48. The second-order valence-electron chi connectivity index (χ2n) is 5.97. The van der Waals surface area contributed by atoms with Crippen molar-refractivity contribution < 1.29 is 27.4 Å². The number of nitrogens with one attached hydrogen (secondary N) is 1. The highest BCUT2D eigenvalue weighted by molar-refractivity contribution is 6.32. The number of carbonyl (C=O) groups excluding carboxylic acids is 1. The predicted molar refractivity (Wildman–Crippen MR) is 86.3 cm³/mol. The van der Waals surface area contributed by atoms with E-state index in [2.05, 4.69) is 5.32 Å². The molecule has 1 N–H and O–H groups in total. The number of benzene rings is 2. The fourth-order valence-electron chi connectivity index (χ4n) is 2.23. The van der Waals surface area contributed by atoms with Crippen LogP contribution in [0.25, 0.3) is 0 Å². The lowest BCUT2D eigenvalue weighted by molar-refractivity contribution is -0.137. The first-order valence-corrected chi connectivity index (χ1v) is 7.63. The fourth-order valence-corrected chi connectivity index (χ4v) is 2.45. The third kappa shape index (κ3) is 3.51. The van der Waals surface area contributed by atoms with Crippen LogP contribution < -0.4 is 14.8 Å². The van der Waals surface area contributed by atoms with E-state index in [1.807, 2.05) is 0 Å². The number of alkyl halides is 3. The maximum absolute atomic E-state index is 12.7. The number of halogens is 4. The molecule has 2 aromatic rings. The van der Waals surface area contributed by atoms with Crippen LogP contribution >= 0.6 is 11.6 Å². The number of rotatable bonds is 2. The number of hydrogen-bond donors (Lipinski definition) is 1. The van der Waals surface area contributed by atoms with E-state index in [9.17, 15) is 18.0 Å². The van der Waals surface area contributed by atoms with Gasteiger partial charge >= 0.3 is 6.18 Å². The first kappa shape index (κ1) is 17.4. The van der Waals surface area contributed by atoms with Gasteiger partial charge in [-0.2, -0.15) is 13.2 Å². The maximum Gasteiger partial charge on any atom is 0.416 e. The summed E-state index contributed by atoms with van der Waals surface area (Å²) in [4.78, 5) is 11.8. The van der Waals surface area contributed by atoms with Crippen LogP contribution in [0.2, 0.25) is 5.02 Å². The molecule has 1 heterocycles. The van der Waals surface area contributed by atoms with E-state index < -0.39 is 17.3 Å². The topological polar surface area (TPSA) is 47.6 Å². The molecule has 132 valence electrons. The number of ether oxygens (including phenoxy) is 2. The molecular formula is C17H13ClF3NO3. The van der Waals surface area contributed by atoms with Crippen molar-refractivity contribution in [2.75, 3.05) is 5.32 Å². The van der Waals surface area contributed by atoms with Gasteiger partial charge in [0.05, 0.1) is 16.3 Å². The van der Waals surface area contributed by atoms with Crippen LogP contribution in [-0.4, -0.2) is 11.5 Å². The van der Waals surface area contributed by atoms with E-state index in [0.717, 1.165) is 18.2 Å². The van der Waals surface area contributed by atoms with Gasteiger partial charge in [0.2, 0.25) is 0 Å². The van der Waals surface area contributed by atoms with Crippen LogP contribution in [0.5, 0.6) is 17.2 Å². The summed E-state index contributed by atoms with van der Waals surface area (Å²) in [5, 5.41) is 2.54. The van der Waals surface area contributed by atoms with Gasteiger partial charge in [-0.05, 0) is 44.2 Å². The molecule has 0 fully saturated rings. The fraction of sp³-hybridized carbons (Fsp3) is 0.235. The Hall–Kier alpha value is -2.41. The molecule has 0 spiro atoms. The molecular weight excluding hydrogens is 359 g/mol. The Morgan fingerprint density at radius 1 is 1.16 bits per heavy atom. The smallest absolute Gasteiger partial charge is 0.416 e. The Bertz CT molecular complexity index is 850. The predicted octanol–water partition coefficient (Wildman–Crippen LogP) is 5.26. The normalized spacial score (nSPS) is 15.8. The van der Waals surface area contributed by atoms with E-state index in [4.69, 9.17) is 21.1 Å². The Morgan fingerprint density at radius 2 is 1.88 bits per heavy atom. The van der Waals surface area contributed by atoms with Crippen LogP contribution in [0.15, 0.2) is 36.4 Å². The second kappa shape index (κ2) is 5.84. The second-order valence-corrected chi connectivity index (χ2v) is 6.38. The summed E-state index contributed by atoms with van der Waals surface area (Å²) in [5.74, 6) is 0.505. The van der Waals surface area contributed by atoms with E-state index >= 15 is 0 Å². The third-order valence-electron chi connectivity index (χ3n) is 3.60. The Morgan fingerprint density at radius 3 is 2.52 bits per heavy atom. The van der Waals surface area contributed by atoms with E-state index in [1.165, 1.54) is 6.07 Å². The SMILES string of the molecule is CC1(C)Oc2cc(Oc3ccc(C(F)(F)F)cc3Cl)ccc2NC1=O. The first-order valence-electron chi connectivity index (χ1n) is 7.25. The van der Waals surface area contributed by atoms with Crippen LogP contribution in [0.4, 0.5) is 18.9 Å². The number of carbonyl (C=O) groups is 1. The zero-order valence-electron chi connectivity index (χ0n) is 13.2. The van der Waals surface area contributed by atoms with Gasteiger partial charge < -0.3 is 14.8 Å². The first-order chi connectivity index (χ1) is 11.6. The van der Waals surface area contributed by atoms with Crippen LogP contribution in [0.1, 0.15) is 19.4 Å². The minimum absolute atomic E-state index is 0.0775. The van der Waals surface area contributed by atoms with E-state index in [0.29, 0.717) is 17.2 Å². The summed E-state index contributed by atoms with van der Waals surface area (Å²) >= 11 is 5.88. The highest BCUT2D eigenvalue weighted by Crippen LogP contribution is 2.40. The third-order valence-corrected chi connectivity index (χ3v) is 3.90. The van der Waals surface area contributed by atoms with Crippen molar-refractivity contribution in [2.24, 2.45) is 0 Å². The highest BCUT2D eigenvalue weighted by atomic mass is 35.5. The standard InChI is InChI=1S/C17H13ClF3NO3/c1-16(2)15(23)22-12-5-4-10(8-14(12)25-16)24-13-6-3-9(7-11(13)18)17(19,20)21/h3-8H,1-2H3,(H,22,23). The molecule has 1 aliphatic heterocycles. The van der Waals surface area contributed by atoms with Crippen LogP contribution in [0.3, 0.4) is 0 Å². The Balaban J connectivity index is 1.87. The molecule has 25 heavy (non-hydrogen) atoms.